The van der Waals surface area contributed by atoms with Gasteiger partial charge in [0.25, 0.3) is 0 Å². The van der Waals surface area contributed by atoms with Crippen molar-refractivity contribution in [3.63, 3.8) is 0 Å². The third-order valence-corrected chi connectivity index (χ3v) is 1.20. The summed E-state index contributed by atoms with van der Waals surface area (Å²) >= 11 is 0. The van der Waals surface area contributed by atoms with Crippen molar-refractivity contribution >= 4 is 14.8 Å². The minimum atomic E-state index is -2.45. The monoisotopic (exact) mass is 181 g/mol. The molecule has 0 saturated carbocycles. The average molecular weight is 181 g/mol. The molecule has 0 aromatic heterocycles. The molecule has 48 valence electrons. The molecule has 0 N–H and O–H groups in total. The normalized spacial score (nSPS) is 7.60. The van der Waals surface area contributed by atoms with Crippen LogP contribution >= 0.6 is 8.38 Å². The summed E-state index contributed by atoms with van der Waals surface area (Å²) in [7, 11) is -1.05. The van der Waals surface area contributed by atoms with Gasteiger partial charge in [0.2, 0.25) is 6.41 Å². The van der Waals surface area contributed by atoms with Crippen molar-refractivity contribution in [1.82, 2.24) is 4.90 Å². The first-order chi connectivity index (χ1) is 3.66. The second kappa shape index (κ2) is 10.8. The molecule has 1 amide bonds. The molecular weight excluding hydrogens is 175 g/mol. The Kier molecular flexibility index (Phi) is 19.2. The zero-order chi connectivity index (χ0) is 6.57. The summed E-state index contributed by atoms with van der Waals surface area (Å²) in [6, 6.07) is 0. The van der Waals surface area contributed by atoms with E-state index < -0.39 is 8.38 Å². The van der Waals surface area contributed by atoms with Crippen LogP contribution in [0.15, 0.2) is 0 Å². The molecular formula is C3H6NNa2O3P. The molecule has 0 aromatic carbocycles. The predicted octanol–water partition coefficient (Wildman–Crippen LogP) is -7.93. The summed E-state index contributed by atoms with van der Waals surface area (Å²) in [4.78, 5) is 30.4. The summed E-state index contributed by atoms with van der Waals surface area (Å²) in [5.74, 6) is 0. The Morgan fingerprint density at radius 1 is 1.50 bits per heavy atom. The maximum atomic E-state index is 9.81. The van der Waals surface area contributed by atoms with E-state index in [9.17, 15) is 14.6 Å². The molecule has 0 radical (unpaired) electrons. The molecule has 0 aliphatic carbocycles. The molecule has 10 heavy (non-hydrogen) atoms. The van der Waals surface area contributed by atoms with Gasteiger partial charge in [-0.05, 0) is 0 Å². The first-order valence-corrected chi connectivity index (χ1v) is 3.30. The summed E-state index contributed by atoms with van der Waals surface area (Å²) < 4.78 is 0. The van der Waals surface area contributed by atoms with Gasteiger partial charge in [-0.1, -0.05) is 0 Å². The van der Waals surface area contributed by atoms with E-state index in [1.165, 1.54) is 7.05 Å². The number of carbonyl (C=O) groups excluding carboxylic acids is 1. The fourth-order valence-electron chi connectivity index (χ4n) is 0.215. The number of nitrogens with zero attached hydrogens (tertiary/aromatic N) is 1. The van der Waals surface area contributed by atoms with Gasteiger partial charge in [0.15, 0.2) is 0 Å². The van der Waals surface area contributed by atoms with Crippen LogP contribution in [0.4, 0.5) is 0 Å². The summed E-state index contributed by atoms with van der Waals surface area (Å²) in [6.45, 7) is 0. The molecule has 0 heterocycles. The van der Waals surface area contributed by atoms with Crippen LogP contribution in [0.3, 0.4) is 0 Å². The van der Waals surface area contributed by atoms with Crippen molar-refractivity contribution in [2.24, 2.45) is 0 Å². The zero-order valence-corrected chi connectivity index (χ0v) is 11.3. The third kappa shape index (κ3) is 12.5. The molecule has 7 heteroatoms. The summed E-state index contributed by atoms with van der Waals surface area (Å²) in [6.07, 6.45) is 0.268. The number of hydrogen-bond donors (Lipinski definition) is 0. The zero-order valence-electron chi connectivity index (χ0n) is 6.40. The Labute approximate surface area is 105 Å². The molecule has 0 aliphatic heterocycles. The van der Waals surface area contributed by atoms with Gasteiger partial charge in [-0.25, -0.2) is 0 Å². The molecule has 0 spiro atoms. The molecule has 0 bridgehead atoms. The smallest absolute Gasteiger partial charge is 0.840 e. The van der Waals surface area contributed by atoms with Crippen molar-refractivity contribution in [2.75, 3.05) is 13.3 Å². The minimum Gasteiger partial charge on any atom is -0.840 e. The van der Waals surface area contributed by atoms with E-state index in [4.69, 9.17) is 0 Å². The van der Waals surface area contributed by atoms with Crippen LogP contribution in [0.5, 0.6) is 0 Å². The summed E-state index contributed by atoms with van der Waals surface area (Å²) in [5.41, 5.74) is 0. The van der Waals surface area contributed by atoms with Crippen LogP contribution in [0, 0.1) is 0 Å². The van der Waals surface area contributed by atoms with Crippen LogP contribution in [0.25, 0.3) is 0 Å². The fraction of sp³-hybridized carbons (Fsp3) is 0.667. The number of amides is 1. The van der Waals surface area contributed by atoms with Crippen molar-refractivity contribution in [3.05, 3.63) is 0 Å². The number of carbonyl (C=O) groups is 1. The topological polar surface area (TPSA) is 66.4 Å². The molecule has 0 saturated heterocycles. The quantitative estimate of drug-likeness (QED) is 0.247. The standard InChI is InChI=1S/C3H6NO3P.2Na/c1-4(2-5)3-8(6)7;;/h2H,3H2,1H3;;/q-2;2*+1. The second-order valence-electron chi connectivity index (χ2n) is 1.34. The second-order valence-corrected chi connectivity index (χ2v) is 2.28. The Balaban J connectivity index is -0.000000245. The molecule has 0 aromatic rings. The molecule has 0 unspecified atom stereocenters. The fourth-order valence-corrected chi connectivity index (χ4v) is 0.646. The molecule has 0 aliphatic rings. The van der Waals surface area contributed by atoms with Gasteiger partial charge in [-0.15, -0.1) is 0 Å². The van der Waals surface area contributed by atoms with Gasteiger partial charge in [0, 0.05) is 13.3 Å². The van der Waals surface area contributed by atoms with Crippen LogP contribution in [0.2, 0.25) is 0 Å². The van der Waals surface area contributed by atoms with Gasteiger partial charge < -0.3 is 14.7 Å². The predicted molar refractivity (Wildman–Crippen MR) is 25.6 cm³/mol. The third-order valence-electron chi connectivity index (χ3n) is 0.518. The van der Waals surface area contributed by atoms with E-state index in [-0.39, 0.29) is 65.4 Å². The van der Waals surface area contributed by atoms with Crippen molar-refractivity contribution < 1.29 is 73.7 Å². The van der Waals surface area contributed by atoms with E-state index in [0.29, 0.717) is 6.41 Å². The maximum Gasteiger partial charge on any atom is 1.00 e. The number of hydrogen-bond acceptors (Lipinski definition) is 3. The van der Waals surface area contributed by atoms with Gasteiger partial charge in [-0.3, -0.25) is 13.2 Å². The van der Waals surface area contributed by atoms with Gasteiger partial charge >= 0.3 is 59.1 Å². The average Bonchev–Trinajstić information content (AvgIpc) is 1.65. The van der Waals surface area contributed by atoms with Gasteiger partial charge in [0.05, 0.1) is 0 Å². The first-order valence-electron chi connectivity index (χ1n) is 1.94. The Morgan fingerprint density at radius 2 is 1.90 bits per heavy atom. The van der Waals surface area contributed by atoms with Crippen LogP contribution < -0.4 is 68.9 Å². The SMILES string of the molecule is CN(C=O)CP([O-])[O-].[Na+].[Na+]. The minimum absolute atomic E-state index is 0. The van der Waals surface area contributed by atoms with E-state index in [1.807, 2.05) is 0 Å². The Morgan fingerprint density at radius 3 is 2.00 bits per heavy atom. The van der Waals surface area contributed by atoms with Crippen LogP contribution in [0.1, 0.15) is 0 Å². The maximum absolute atomic E-state index is 9.81. The van der Waals surface area contributed by atoms with Crippen LogP contribution in [-0.4, -0.2) is 24.6 Å². The van der Waals surface area contributed by atoms with E-state index in [2.05, 4.69) is 0 Å². The van der Waals surface area contributed by atoms with Crippen LogP contribution in [-0.2, 0) is 4.79 Å². The van der Waals surface area contributed by atoms with Gasteiger partial charge in [-0.2, -0.15) is 0 Å². The van der Waals surface area contributed by atoms with E-state index in [1.54, 1.807) is 0 Å². The molecule has 0 fully saturated rings. The molecule has 0 atom stereocenters. The van der Waals surface area contributed by atoms with Crippen molar-refractivity contribution in [3.8, 4) is 0 Å². The van der Waals surface area contributed by atoms with E-state index >= 15 is 0 Å². The van der Waals surface area contributed by atoms with Crippen molar-refractivity contribution in [2.45, 2.75) is 0 Å². The van der Waals surface area contributed by atoms with Crippen molar-refractivity contribution in [1.29, 1.82) is 0 Å². The van der Waals surface area contributed by atoms with Gasteiger partial charge in [0.1, 0.15) is 0 Å². The Bertz CT molecular complexity index is 84.1. The molecule has 4 nitrogen and oxygen atoms in total. The largest absolute Gasteiger partial charge is 1.00 e. The molecule has 0 rings (SSSR count). The first kappa shape index (κ1) is 17.8. The summed E-state index contributed by atoms with van der Waals surface area (Å²) in [5, 5.41) is 0. The van der Waals surface area contributed by atoms with E-state index in [0.717, 1.165) is 4.90 Å². The number of rotatable bonds is 3. The Hall–Kier alpha value is 1.82.